The summed E-state index contributed by atoms with van der Waals surface area (Å²) in [6.45, 7) is 0.452. The standard InChI is InChI=1S/C19H18N4O3S/c1-22(11-18-21-14-4-2-3-5-17(14)27-18)15-9-6-12(10-16(15)23(25)26)19(24)20-13-7-8-13/h2-6,9-10,13H,7-8,11H2,1H3,(H,20,24). The van der Waals surface area contributed by atoms with Crippen molar-refractivity contribution in [3.8, 4) is 0 Å². The first-order valence-electron chi connectivity index (χ1n) is 8.66. The number of hydrogen-bond donors (Lipinski definition) is 1. The van der Waals surface area contributed by atoms with Crippen LogP contribution in [-0.2, 0) is 6.54 Å². The van der Waals surface area contributed by atoms with Crippen molar-refractivity contribution >= 4 is 38.8 Å². The number of thiazole rings is 1. The molecule has 7 nitrogen and oxygen atoms in total. The monoisotopic (exact) mass is 382 g/mol. The minimum absolute atomic E-state index is 0.0814. The maximum absolute atomic E-state index is 12.2. The number of amides is 1. The van der Waals surface area contributed by atoms with Crippen LogP contribution in [0.5, 0.6) is 0 Å². The van der Waals surface area contributed by atoms with Crippen molar-refractivity contribution in [1.82, 2.24) is 10.3 Å². The van der Waals surface area contributed by atoms with Crippen molar-refractivity contribution in [2.45, 2.75) is 25.4 Å². The molecule has 1 saturated carbocycles. The first-order valence-corrected chi connectivity index (χ1v) is 9.48. The third kappa shape index (κ3) is 3.75. The van der Waals surface area contributed by atoms with Crippen LogP contribution in [0.2, 0.25) is 0 Å². The van der Waals surface area contributed by atoms with Gasteiger partial charge in [-0.2, -0.15) is 0 Å². The van der Waals surface area contributed by atoms with Crippen molar-refractivity contribution in [2.24, 2.45) is 0 Å². The van der Waals surface area contributed by atoms with E-state index in [-0.39, 0.29) is 17.6 Å². The zero-order valence-electron chi connectivity index (χ0n) is 14.7. The summed E-state index contributed by atoms with van der Waals surface area (Å²) < 4.78 is 1.09. The highest BCUT2D eigenvalue weighted by Crippen LogP contribution is 2.31. The van der Waals surface area contributed by atoms with E-state index in [1.165, 1.54) is 6.07 Å². The van der Waals surface area contributed by atoms with Crippen LogP contribution in [0.15, 0.2) is 42.5 Å². The van der Waals surface area contributed by atoms with Crippen molar-refractivity contribution in [3.63, 3.8) is 0 Å². The van der Waals surface area contributed by atoms with Gasteiger partial charge >= 0.3 is 0 Å². The third-order valence-electron chi connectivity index (χ3n) is 4.47. The van der Waals surface area contributed by atoms with E-state index in [1.54, 1.807) is 35.4 Å². The maximum Gasteiger partial charge on any atom is 0.293 e. The molecule has 0 radical (unpaired) electrons. The Labute approximate surface area is 159 Å². The summed E-state index contributed by atoms with van der Waals surface area (Å²) in [4.78, 5) is 29.7. The lowest BCUT2D eigenvalue weighted by Crippen LogP contribution is -2.25. The summed E-state index contributed by atoms with van der Waals surface area (Å²) in [5, 5.41) is 15.3. The highest BCUT2D eigenvalue weighted by atomic mass is 32.1. The van der Waals surface area contributed by atoms with Crippen molar-refractivity contribution in [1.29, 1.82) is 0 Å². The zero-order chi connectivity index (χ0) is 19.0. The highest BCUT2D eigenvalue weighted by molar-refractivity contribution is 7.18. The molecule has 8 heteroatoms. The van der Waals surface area contributed by atoms with Crippen molar-refractivity contribution in [3.05, 3.63) is 63.1 Å². The molecular weight excluding hydrogens is 364 g/mol. The van der Waals surface area contributed by atoms with Gasteiger partial charge in [-0.3, -0.25) is 14.9 Å². The number of carbonyl (C=O) groups is 1. The number of aromatic nitrogens is 1. The fourth-order valence-electron chi connectivity index (χ4n) is 2.91. The number of carbonyl (C=O) groups excluding carboxylic acids is 1. The molecule has 0 saturated heterocycles. The Kier molecular flexibility index (Phi) is 4.49. The number of nitro groups is 1. The normalized spacial score (nSPS) is 13.5. The van der Waals surface area contributed by atoms with Gasteiger partial charge < -0.3 is 10.2 Å². The Hall–Kier alpha value is -3.00. The molecule has 4 rings (SSSR count). The smallest absolute Gasteiger partial charge is 0.293 e. The zero-order valence-corrected chi connectivity index (χ0v) is 15.5. The summed E-state index contributed by atoms with van der Waals surface area (Å²) in [5.74, 6) is -0.263. The van der Waals surface area contributed by atoms with E-state index in [0.29, 0.717) is 17.8 Å². The molecule has 1 aromatic heterocycles. The van der Waals surface area contributed by atoms with Crippen LogP contribution in [0, 0.1) is 10.1 Å². The molecule has 0 bridgehead atoms. The van der Waals surface area contributed by atoms with Crippen LogP contribution in [0.25, 0.3) is 10.2 Å². The molecule has 0 atom stereocenters. The number of hydrogen-bond acceptors (Lipinski definition) is 6. The topological polar surface area (TPSA) is 88.4 Å². The average molecular weight is 382 g/mol. The van der Waals surface area contributed by atoms with Gasteiger partial charge in [0.2, 0.25) is 0 Å². The van der Waals surface area contributed by atoms with E-state index < -0.39 is 4.92 Å². The molecule has 1 amide bonds. The summed E-state index contributed by atoms with van der Waals surface area (Å²) in [7, 11) is 1.79. The molecule has 1 aliphatic carbocycles. The molecule has 0 spiro atoms. The minimum Gasteiger partial charge on any atom is -0.362 e. The molecule has 1 aliphatic rings. The van der Waals surface area contributed by atoms with Gasteiger partial charge in [-0.25, -0.2) is 4.98 Å². The van der Waals surface area contributed by atoms with Crippen LogP contribution in [0.4, 0.5) is 11.4 Å². The largest absolute Gasteiger partial charge is 0.362 e. The second-order valence-electron chi connectivity index (χ2n) is 6.64. The van der Waals surface area contributed by atoms with Gasteiger partial charge in [0, 0.05) is 24.7 Å². The second-order valence-corrected chi connectivity index (χ2v) is 7.75. The van der Waals surface area contributed by atoms with Gasteiger partial charge in [-0.15, -0.1) is 11.3 Å². The lowest BCUT2D eigenvalue weighted by Gasteiger charge is -2.18. The Balaban J connectivity index is 1.58. The Bertz CT molecular complexity index is 996. The number of benzene rings is 2. The molecule has 1 heterocycles. The van der Waals surface area contributed by atoms with Crippen LogP contribution in [0.3, 0.4) is 0 Å². The molecule has 1 N–H and O–H groups in total. The van der Waals surface area contributed by atoms with E-state index in [2.05, 4.69) is 10.3 Å². The van der Waals surface area contributed by atoms with Gasteiger partial charge in [0.25, 0.3) is 11.6 Å². The van der Waals surface area contributed by atoms with E-state index in [4.69, 9.17) is 0 Å². The number of rotatable bonds is 6. The summed E-state index contributed by atoms with van der Waals surface area (Å²) >= 11 is 1.57. The molecule has 0 unspecified atom stereocenters. The highest BCUT2D eigenvalue weighted by Gasteiger charge is 2.26. The molecule has 27 heavy (non-hydrogen) atoms. The van der Waals surface area contributed by atoms with E-state index in [1.807, 2.05) is 24.3 Å². The molecule has 1 fully saturated rings. The maximum atomic E-state index is 12.2. The fraction of sp³-hybridized carbons (Fsp3) is 0.263. The van der Waals surface area contributed by atoms with E-state index >= 15 is 0 Å². The van der Waals surface area contributed by atoms with Crippen LogP contribution in [0.1, 0.15) is 28.2 Å². The second kappa shape index (κ2) is 6.96. The number of anilines is 1. The van der Waals surface area contributed by atoms with Crippen LogP contribution >= 0.6 is 11.3 Å². The predicted octanol–water partition coefficient (Wildman–Crippen LogP) is 3.73. The number of fused-ring (bicyclic) bond motifs is 1. The van der Waals surface area contributed by atoms with Gasteiger partial charge in [0.15, 0.2) is 0 Å². The molecule has 138 valence electrons. The fourth-order valence-corrected chi connectivity index (χ4v) is 3.93. The van der Waals surface area contributed by atoms with E-state index in [9.17, 15) is 14.9 Å². The quantitative estimate of drug-likeness (QED) is 0.518. The van der Waals surface area contributed by atoms with Crippen molar-refractivity contribution < 1.29 is 9.72 Å². The summed E-state index contributed by atoms with van der Waals surface area (Å²) in [5.41, 5.74) is 1.61. The molecule has 2 aromatic carbocycles. The Morgan fingerprint density at radius 1 is 1.33 bits per heavy atom. The summed E-state index contributed by atoms with van der Waals surface area (Å²) in [6, 6.07) is 12.7. The number of nitrogens with zero attached hydrogens (tertiary/aromatic N) is 3. The molecule has 0 aliphatic heterocycles. The minimum atomic E-state index is -0.446. The Morgan fingerprint density at radius 3 is 2.81 bits per heavy atom. The first kappa shape index (κ1) is 17.4. The van der Waals surface area contributed by atoms with Gasteiger partial charge in [-0.05, 0) is 37.1 Å². The predicted molar refractivity (Wildman–Crippen MR) is 105 cm³/mol. The third-order valence-corrected chi connectivity index (χ3v) is 5.49. The van der Waals surface area contributed by atoms with Gasteiger partial charge in [0.1, 0.15) is 10.7 Å². The summed E-state index contributed by atoms with van der Waals surface area (Å²) in [6.07, 6.45) is 1.94. The van der Waals surface area contributed by atoms with Crippen LogP contribution < -0.4 is 10.2 Å². The lowest BCUT2D eigenvalue weighted by molar-refractivity contribution is -0.384. The van der Waals surface area contributed by atoms with Gasteiger partial charge in [-0.1, -0.05) is 12.1 Å². The SMILES string of the molecule is CN(Cc1nc2ccccc2s1)c1ccc(C(=O)NC2CC2)cc1[N+](=O)[O-]. The lowest BCUT2D eigenvalue weighted by atomic mass is 10.1. The Morgan fingerprint density at radius 2 is 2.11 bits per heavy atom. The van der Waals surface area contributed by atoms with Crippen LogP contribution in [-0.4, -0.2) is 28.9 Å². The molecule has 3 aromatic rings. The van der Waals surface area contributed by atoms with E-state index in [0.717, 1.165) is 28.1 Å². The number of nitrogens with one attached hydrogen (secondary N) is 1. The first-order chi connectivity index (χ1) is 13.0. The van der Waals surface area contributed by atoms with Gasteiger partial charge in [0.05, 0.1) is 21.7 Å². The average Bonchev–Trinajstić information content (AvgIpc) is 3.37. The number of para-hydroxylation sites is 1. The number of nitro benzene ring substituents is 1. The molecular formula is C19H18N4O3S. The van der Waals surface area contributed by atoms with Crippen molar-refractivity contribution in [2.75, 3.05) is 11.9 Å².